The summed E-state index contributed by atoms with van der Waals surface area (Å²) in [5.41, 5.74) is 1.02. The number of carbonyl (C=O) groups is 2. The average Bonchev–Trinajstić information content (AvgIpc) is 2.56. The Hall–Kier alpha value is -1.66. The smallest absolute Gasteiger partial charge is 0.423 e. The third-order valence-corrected chi connectivity index (χ3v) is 2.63. The van der Waals surface area contributed by atoms with Crippen LogP contribution in [0.2, 0.25) is 0 Å². The number of hydrogen-bond donors (Lipinski definition) is 2. The van der Waals surface area contributed by atoms with Crippen molar-refractivity contribution in [1.29, 1.82) is 0 Å². The third-order valence-electron chi connectivity index (χ3n) is 2.63. The van der Waals surface area contributed by atoms with Crippen LogP contribution < -0.4 is 5.46 Å². The van der Waals surface area contributed by atoms with Crippen LogP contribution in [0.5, 0.6) is 0 Å². The van der Waals surface area contributed by atoms with Crippen LogP contribution >= 0.6 is 0 Å². The highest BCUT2D eigenvalue weighted by molar-refractivity contribution is 6.60. The lowest BCUT2D eigenvalue weighted by atomic mass is 9.76. The summed E-state index contributed by atoms with van der Waals surface area (Å²) in [5.74, 6) is -0.814. The van der Waals surface area contributed by atoms with Crippen LogP contribution in [0, 0.1) is 0 Å². The minimum atomic E-state index is -1.70. The SMILES string of the molecule is CC(=O)N1Cc2cccc(B(O)O)c2C1=O. The van der Waals surface area contributed by atoms with E-state index in [4.69, 9.17) is 10.0 Å². The zero-order valence-electron chi connectivity index (χ0n) is 8.67. The van der Waals surface area contributed by atoms with Crippen LogP contribution in [0.3, 0.4) is 0 Å². The van der Waals surface area contributed by atoms with Crippen molar-refractivity contribution in [2.24, 2.45) is 0 Å². The Morgan fingerprint density at radius 3 is 2.69 bits per heavy atom. The van der Waals surface area contributed by atoms with Crippen molar-refractivity contribution in [3.05, 3.63) is 29.3 Å². The number of carbonyl (C=O) groups excluding carboxylic acids is 2. The van der Waals surface area contributed by atoms with Crippen molar-refractivity contribution < 1.29 is 19.6 Å². The molecule has 1 aliphatic heterocycles. The highest BCUT2D eigenvalue weighted by atomic mass is 16.4. The van der Waals surface area contributed by atoms with Gasteiger partial charge in [0.1, 0.15) is 0 Å². The number of amides is 2. The topological polar surface area (TPSA) is 77.8 Å². The van der Waals surface area contributed by atoms with Gasteiger partial charge >= 0.3 is 7.12 Å². The molecule has 2 rings (SSSR count). The van der Waals surface area contributed by atoms with Gasteiger partial charge in [-0.2, -0.15) is 0 Å². The van der Waals surface area contributed by atoms with Gasteiger partial charge in [-0.25, -0.2) is 0 Å². The minimum Gasteiger partial charge on any atom is -0.423 e. The van der Waals surface area contributed by atoms with Gasteiger partial charge in [-0.3, -0.25) is 14.5 Å². The van der Waals surface area contributed by atoms with Gasteiger partial charge < -0.3 is 10.0 Å². The van der Waals surface area contributed by atoms with Crippen LogP contribution in [0.4, 0.5) is 0 Å². The summed E-state index contributed by atoms with van der Waals surface area (Å²) >= 11 is 0. The van der Waals surface area contributed by atoms with E-state index in [-0.39, 0.29) is 23.5 Å². The normalized spacial score (nSPS) is 13.9. The molecule has 1 heterocycles. The van der Waals surface area contributed by atoms with Crippen molar-refractivity contribution in [3.63, 3.8) is 0 Å². The molecular weight excluding hydrogens is 209 g/mol. The summed E-state index contributed by atoms with van der Waals surface area (Å²) in [4.78, 5) is 24.1. The van der Waals surface area contributed by atoms with Crippen LogP contribution in [0.25, 0.3) is 0 Å². The Kier molecular flexibility index (Phi) is 2.53. The lowest BCUT2D eigenvalue weighted by Gasteiger charge is -2.09. The van der Waals surface area contributed by atoms with E-state index in [0.717, 1.165) is 4.90 Å². The molecule has 0 unspecified atom stereocenters. The van der Waals surface area contributed by atoms with Gasteiger partial charge in [0.05, 0.1) is 6.54 Å². The molecule has 1 aromatic carbocycles. The molecule has 1 aromatic rings. The number of benzene rings is 1. The second-order valence-corrected chi connectivity index (χ2v) is 3.67. The van der Waals surface area contributed by atoms with Crippen LogP contribution in [0.15, 0.2) is 18.2 Å². The highest BCUT2D eigenvalue weighted by Crippen LogP contribution is 2.21. The molecule has 0 aromatic heterocycles. The molecule has 0 spiro atoms. The second kappa shape index (κ2) is 3.73. The number of hydrogen-bond acceptors (Lipinski definition) is 4. The van der Waals surface area contributed by atoms with Gasteiger partial charge in [-0.1, -0.05) is 18.2 Å². The molecule has 0 atom stereocenters. The van der Waals surface area contributed by atoms with Gasteiger partial charge in [0.15, 0.2) is 0 Å². The summed E-state index contributed by atoms with van der Waals surface area (Å²) in [5, 5.41) is 18.3. The highest BCUT2D eigenvalue weighted by Gasteiger charge is 2.34. The molecule has 2 amide bonds. The Bertz CT molecular complexity index is 472. The van der Waals surface area contributed by atoms with E-state index in [2.05, 4.69) is 0 Å². The van der Waals surface area contributed by atoms with Crippen molar-refractivity contribution in [2.75, 3.05) is 0 Å². The Balaban J connectivity index is 2.52. The lowest BCUT2D eigenvalue weighted by Crippen LogP contribution is -2.37. The molecule has 0 saturated heterocycles. The van der Waals surface area contributed by atoms with Gasteiger partial charge in [0, 0.05) is 12.5 Å². The zero-order chi connectivity index (χ0) is 11.9. The van der Waals surface area contributed by atoms with E-state index in [9.17, 15) is 9.59 Å². The number of rotatable bonds is 1. The average molecular weight is 219 g/mol. The Morgan fingerprint density at radius 2 is 2.12 bits per heavy atom. The molecule has 6 heteroatoms. The van der Waals surface area contributed by atoms with E-state index in [0.29, 0.717) is 5.56 Å². The lowest BCUT2D eigenvalue weighted by molar-refractivity contribution is -0.126. The first-order valence-corrected chi connectivity index (χ1v) is 4.82. The Labute approximate surface area is 92.4 Å². The predicted molar refractivity (Wildman–Crippen MR) is 56.8 cm³/mol. The largest absolute Gasteiger partial charge is 0.489 e. The molecule has 82 valence electrons. The van der Waals surface area contributed by atoms with Crippen LogP contribution in [-0.4, -0.2) is 33.9 Å². The first-order chi connectivity index (χ1) is 7.52. The zero-order valence-corrected chi connectivity index (χ0v) is 8.67. The molecule has 5 nitrogen and oxygen atoms in total. The first kappa shape index (κ1) is 10.8. The third kappa shape index (κ3) is 1.52. The summed E-state index contributed by atoms with van der Waals surface area (Å²) in [6.07, 6.45) is 0. The maximum absolute atomic E-state index is 11.8. The number of fused-ring (bicyclic) bond motifs is 1. The molecule has 0 radical (unpaired) electrons. The number of imide groups is 1. The quantitative estimate of drug-likeness (QED) is 0.585. The molecule has 0 bridgehead atoms. The first-order valence-electron chi connectivity index (χ1n) is 4.82. The molecule has 16 heavy (non-hydrogen) atoms. The van der Waals surface area contributed by atoms with E-state index in [1.165, 1.54) is 13.0 Å². The van der Waals surface area contributed by atoms with E-state index in [1.807, 2.05) is 0 Å². The summed E-state index contributed by atoms with van der Waals surface area (Å²) in [6, 6.07) is 4.79. The van der Waals surface area contributed by atoms with Crippen LogP contribution in [0.1, 0.15) is 22.8 Å². The fourth-order valence-electron chi connectivity index (χ4n) is 1.86. The number of nitrogens with zero attached hydrogens (tertiary/aromatic N) is 1. The molecule has 0 fully saturated rings. The van der Waals surface area contributed by atoms with Gasteiger partial charge in [0.2, 0.25) is 5.91 Å². The summed E-state index contributed by atoms with van der Waals surface area (Å²) in [6.45, 7) is 1.50. The molecule has 0 saturated carbocycles. The predicted octanol–water partition coefficient (Wildman–Crippen LogP) is -1.13. The van der Waals surface area contributed by atoms with Gasteiger partial charge in [-0.15, -0.1) is 0 Å². The van der Waals surface area contributed by atoms with Crippen molar-refractivity contribution in [3.8, 4) is 0 Å². The van der Waals surface area contributed by atoms with Gasteiger partial charge in [-0.05, 0) is 11.0 Å². The molecule has 1 aliphatic rings. The minimum absolute atomic E-state index is 0.145. The van der Waals surface area contributed by atoms with E-state index < -0.39 is 13.0 Å². The standard InChI is InChI=1S/C10H10BNO4/c1-6(13)12-5-7-3-2-4-8(11(15)16)9(7)10(12)14/h2-4,15-16H,5H2,1H3. The van der Waals surface area contributed by atoms with Crippen molar-refractivity contribution in [2.45, 2.75) is 13.5 Å². The van der Waals surface area contributed by atoms with E-state index >= 15 is 0 Å². The second-order valence-electron chi connectivity index (χ2n) is 3.67. The molecular formula is C10H10BNO4. The van der Waals surface area contributed by atoms with Crippen LogP contribution in [-0.2, 0) is 11.3 Å². The fourth-order valence-corrected chi connectivity index (χ4v) is 1.86. The van der Waals surface area contributed by atoms with Crippen molar-refractivity contribution >= 4 is 24.4 Å². The van der Waals surface area contributed by atoms with E-state index in [1.54, 1.807) is 12.1 Å². The Morgan fingerprint density at radius 1 is 1.44 bits per heavy atom. The summed E-state index contributed by atoms with van der Waals surface area (Å²) in [7, 11) is -1.70. The molecule has 0 aliphatic carbocycles. The monoisotopic (exact) mass is 219 g/mol. The fraction of sp³-hybridized carbons (Fsp3) is 0.200. The molecule has 2 N–H and O–H groups in total. The summed E-state index contributed by atoms with van der Waals surface area (Å²) < 4.78 is 0. The van der Waals surface area contributed by atoms with Crippen molar-refractivity contribution in [1.82, 2.24) is 4.90 Å². The maximum atomic E-state index is 11.8. The maximum Gasteiger partial charge on any atom is 0.489 e. The van der Waals surface area contributed by atoms with Gasteiger partial charge in [0.25, 0.3) is 5.91 Å².